The third-order valence-corrected chi connectivity index (χ3v) is 5.57. The molecule has 0 aliphatic rings. The molecule has 1 amide bonds. The Labute approximate surface area is 157 Å². The molecule has 1 N–H and O–H groups in total. The number of benzene rings is 1. The van der Waals surface area contributed by atoms with Crippen LogP contribution in [0, 0.1) is 10.1 Å². The van der Waals surface area contributed by atoms with Crippen molar-refractivity contribution in [2.24, 2.45) is 0 Å². The number of nitro groups is 1. The van der Waals surface area contributed by atoms with Crippen molar-refractivity contribution < 1.29 is 14.5 Å². The molecule has 0 radical (unpaired) electrons. The maximum Gasteiger partial charge on any atom is 0.407 e. The van der Waals surface area contributed by atoms with E-state index in [1.165, 1.54) is 30.6 Å². The predicted molar refractivity (Wildman–Crippen MR) is 101 cm³/mol. The lowest BCUT2D eigenvalue weighted by molar-refractivity contribution is -0.384. The van der Waals surface area contributed by atoms with Crippen molar-refractivity contribution in [1.82, 2.24) is 10.3 Å². The molecular formula is C17H15N3O4S2. The van der Waals surface area contributed by atoms with E-state index in [1.54, 1.807) is 23.5 Å². The van der Waals surface area contributed by atoms with Crippen molar-refractivity contribution in [3.63, 3.8) is 0 Å². The van der Waals surface area contributed by atoms with Crippen molar-refractivity contribution in [3.05, 3.63) is 68.5 Å². The number of nitrogens with one attached hydrogen (secondary N) is 1. The van der Waals surface area contributed by atoms with Crippen LogP contribution in [-0.4, -0.2) is 23.1 Å². The van der Waals surface area contributed by atoms with Gasteiger partial charge in [-0.2, -0.15) is 0 Å². The van der Waals surface area contributed by atoms with Crippen LogP contribution >= 0.6 is 22.7 Å². The molecule has 2 aromatic heterocycles. The summed E-state index contributed by atoms with van der Waals surface area (Å²) in [5.74, 6) is 0. The van der Waals surface area contributed by atoms with Gasteiger partial charge in [0.1, 0.15) is 5.01 Å². The zero-order valence-electron chi connectivity index (χ0n) is 13.7. The predicted octanol–water partition coefficient (Wildman–Crippen LogP) is 4.42. The number of carbonyl (C=O) groups excluding carboxylic acids is 1. The van der Waals surface area contributed by atoms with Crippen LogP contribution in [0.5, 0.6) is 0 Å². The number of rotatable bonds is 6. The van der Waals surface area contributed by atoms with Crippen molar-refractivity contribution in [2.75, 3.05) is 7.11 Å². The van der Waals surface area contributed by atoms with Gasteiger partial charge in [0.25, 0.3) is 5.69 Å². The van der Waals surface area contributed by atoms with Crippen LogP contribution in [0.25, 0.3) is 9.88 Å². The Morgan fingerprint density at radius 2 is 2.08 bits per heavy atom. The standard InChI is InChI=1S/C17H15N3O4S2/c1-24-17(21)19-13(9-11-4-6-12(7-5-11)20(22)23)14-10-26-16(18-14)15-3-2-8-25-15/h2-8,10,13H,9H2,1H3,(H,19,21). The molecule has 1 aromatic carbocycles. The third-order valence-electron chi connectivity index (χ3n) is 3.68. The van der Waals surface area contributed by atoms with E-state index in [9.17, 15) is 14.9 Å². The summed E-state index contributed by atoms with van der Waals surface area (Å²) in [6.07, 6.45) is -0.108. The SMILES string of the molecule is COC(=O)NC(Cc1ccc([N+](=O)[O-])cc1)c1csc(-c2cccs2)n1. The molecule has 7 nitrogen and oxygen atoms in total. The number of nitro benzene ring substituents is 1. The van der Waals surface area contributed by atoms with Gasteiger partial charge in [0.05, 0.1) is 28.6 Å². The van der Waals surface area contributed by atoms with Crippen LogP contribution in [0.1, 0.15) is 17.3 Å². The number of methoxy groups -OCH3 is 1. The second-order valence-corrected chi connectivity index (χ2v) is 7.18. The summed E-state index contributed by atoms with van der Waals surface area (Å²) in [6, 6.07) is 9.81. The highest BCUT2D eigenvalue weighted by molar-refractivity contribution is 7.20. The van der Waals surface area contributed by atoms with Gasteiger partial charge >= 0.3 is 6.09 Å². The van der Waals surface area contributed by atoms with E-state index in [1.807, 2.05) is 22.9 Å². The number of aromatic nitrogens is 1. The molecule has 3 aromatic rings. The molecule has 0 fully saturated rings. The van der Waals surface area contributed by atoms with Gasteiger partial charge in [0.15, 0.2) is 0 Å². The van der Waals surface area contributed by atoms with E-state index in [0.717, 1.165) is 21.1 Å². The summed E-state index contributed by atoms with van der Waals surface area (Å²) in [5.41, 5.74) is 1.60. The monoisotopic (exact) mass is 389 g/mol. The maximum absolute atomic E-state index is 11.7. The van der Waals surface area contributed by atoms with E-state index in [0.29, 0.717) is 6.42 Å². The van der Waals surface area contributed by atoms with E-state index in [4.69, 9.17) is 4.74 Å². The summed E-state index contributed by atoms with van der Waals surface area (Å²) in [7, 11) is 1.30. The van der Waals surface area contributed by atoms with E-state index >= 15 is 0 Å². The number of nitrogens with zero attached hydrogens (tertiary/aromatic N) is 2. The zero-order chi connectivity index (χ0) is 18.5. The second-order valence-electron chi connectivity index (χ2n) is 5.37. The Balaban J connectivity index is 1.83. The lowest BCUT2D eigenvalue weighted by Crippen LogP contribution is -2.30. The Bertz CT molecular complexity index is 891. The van der Waals surface area contributed by atoms with Gasteiger partial charge in [-0.25, -0.2) is 9.78 Å². The van der Waals surface area contributed by atoms with Crippen molar-refractivity contribution in [1.29, 1.82) is 0 Å². The highest BCUT2D eigenvalue weighted by atomic mass is 32.1. The van der Waals surface area contributed by atoms with Gasteiger partial charge in [0.2, 0.25) is 0 Å². The van der Waals surface area contributed by atoms with Gasteiger partial charge in [-0.1, -0.05) is 18.2 Å². The third kappa shape index (κ3) is 4.24. The van der Waals surface area contributed by atoms with Gasteiger partial charge in [-0.3, -0.25) is 10.1 Å². The minimum atomic E-state index is -0.553. The number of hydrogen-bond donors (Lipinski definition) is 1. The Morgan fingerprint density at radius 3 is 2.69 bits per heavy atom. The second kappa shape index (κ2) is 8.07. The molecule has 2 heterocycles. The van der Waals surface area contributed by atoms with Gasteiger partial charge < -0.3 is 10.1 Å². The number of alkyl carbamates (subject to hydrolysis) is 1. The maximum atomic E-state index is 11.7. The quantitative estimate of drug-likeness (QED) is 0.497. The number of thiophene rings is 1. The fourth-order valence-corrected chi connectivity index (χ4v) is 4.07. The summed E-state index contributed by atoms with van der Waals surface area (Å²) < 4.78 is 4.71. The van der Waals surface area contributed by atoms with Crippen LogP contribution in [0.3, 0.4) is 0 Å². The minimum absolute atomic E-state index is 0.0277. The molecule has 0 saturated carbocycles. The van der Waals surface area contributed by atoms with Crippen molar-refractivity contribution in [2.45, 2.75) is 12.5 Å². The van der Waals surface area contributed by atoms with Crippen molar-refractivity contribution in [3.8, 4) is 9.88 Å². The number of hydrogen-bond acceptors (Lipinski definition) is 7. The number of carbonyl (C=O) groups is 1. The average molecular weight is 389 g/mol. The van der Waals surface area contributed by atoms with Gasteiger partial charge in [-0.15, -0.1) is 22.7 Å². The molecule has 1 atom stereocenters. The molecule has 0 aliphatic carbocycles. The first-order valence-corrected chi connectivity index (χ1v) is 9.40. The average Bonchev–Trinajstić information content (AvgIpc) is 3.32. The molecule has 9 heteroatoms. The Morgan fingerprint density at radius 1 is 1.31 bits per heavy atom. The Hall–Kier alpha value is -2.78. The molecule has 134 valence electrons. The van der Waals surface area contributed by atoms with Crippen LogP contribution < -0.4 is 5.32 Å². The highest BCUT2D eigenvalue weighted by Crippen LogP contribution is 2.30. The summed E-state index contributed by atoms with van der Waals surface area (Å²) in [6.45, 7) is 0. The lowest BCUT2D eigenvalue weighted by atomic mass is 10.0. The smallest absolute Gasteiger partial charge is 0.407 e. The molecule has 3 rings (SSSR count). The topological polar surface area (TPSA) is 94.4 Å². The fraction of sp³-hybridized carbons (Fsp3) is 0.176. The fourth-order valence-electron chi connectivity index (χ4n) is 2.38. The van der Waals surface area contributed by atoms with E-state index < -0.39 is 17.1 Å². The first-order chi connectivity index (χ1) is 12.6. The molecular weight excluding hydrogens is 374 g/mol. The van der Waals surface area contributed by atoms with Crippen LogP contribution in [-0.2, 0) is 11.2 Å². The van der Waals surface area contributed by atoms with Crippen LogP contribution in [0.4, 0.5) is 10.5 Å². The number of amides is 1. The molecule has 1 unspecified atom stereocenters. The summed E-state index contributed by atoms with van der Waals surface area (Å²) in [5, 5.41) is 18.3. The minimum Gasteiger partial charge on any atom is -0.453 e. The zero-order valence-corrected chi connectivity index (χ0v) is 15.4. The normalized spacial score (nSPS) is 11.7. The molecule has 0 aliphatic heterocycles. The largest absolute Gasteiger partial charge is 0.453 e. The summed E-state index contributed by atoms with van der Waals surface area (Å²) in [4.78, 5) is 27.8. The number of thiazole rings is 1. The molecule has 0 saturated heterocycles. The van der Waals surface area contributed by atoms with Crippen LogP contribution in [0.15, 0.2) is 47.2 Å². The number of non-ortho nitro benzene ring substituents is 1. The van der Waals surface area contributed by atoms with Gasteiger partial charge in [0, 0.05) is 17.5 Å². The first kappa shape index (κ1) is 18.0. The van der Waals surface area contributed by atoms with Crippen LogP contribution in [0.2, 0.25) is 0 Å². The lowest BCUT2D eigenvalue weighted by Gasteiger charge is -2.16. The van der Waals surface area contributed by atoms with E-state index in [-0.39, 0.29) is 5.69 Å². The first-order valence-electron chi connectivity index (χ1n) is 7.64. The van der Waals surface area contributed by atoms with E-state index in [2.05, 4.69) is 10.3 Å². The molecule has 26 heavy (non-hydrogen) atoms. The van der Waals surface area contributed by atoms with Crippen molar-refractivity contribution >= 4 is 34.5 Å². The highest BCUT2D eigenvalue weighted by Gasteiger charge is 2.20. The molecule has 0 bridgehead atoms. The Kier molecular flexibility index (Phi) is 5.59. The number of ether oxygens (including phenoxy) is 1. The molecule has 0 spiro atoms. The van der Waals surface area contributed by atoms with Gasteiger partial charge in [-0.05, 0) is 23.4 Å². The summed E-state index contributed by atoms with van der Waals surface area (Å²) >= 11 is 3.10.